The first-order valence-corrected chi connectivity index (χ1v) is 4.40. The molecule has 0 amide bonds. The molecule has 0 saturated heterocycles. The molecule has 1 aromatic rings. The normalized spacial score (nSPS) is 8.29. The maximum Gasteiger partial charge on any atom is 0.120 e. The zero-order valence-electron chi connectivity index (χ0n) is 7.89. The summed E-state index contributed by atoms with van der Waals surface area (Å²) in [6.07, 6.45) is 3.37. The van der Waals surface area contributed by atoms with E-state index < -0.39 is 0 Å². The third kappa shape index (κ3) is 8.46. The van der Waals surface area contributed by atoms with Gasteiger partial charge in [0.25, 0.3) is 0 Å². The summed E-state index contributed by atoms with van der Waals surface area (Å²) in [7, 11) is 0. The predicted molar refractivity (Wildman–Crippen MR) is 51.9 cm³/mol. The highest BCUT2D eigenvalue weighted by atomic mass is 16.3. The van der Waals surface area contributed by atoms with Gasteiger partial charge in [0.15, 0.2) is 0 Å². The van der Waals surface area contributed by atoms with Gasteiger partial charge in [0.05, 0.1) is 0 Å². The van der Waals surface area contributed by atoms with Crippen LogP contribution in [0, 0.1) is 0 Å². The number of hydrogen-bond acceptors (Lipinski definition) is 3. The smallest absolute Gasteiger partial charge is 0.120 e. The average molecular weight is 193 g/mol. The zero-order valence-corrected chi connectivity index (χ0v) is 7.89. The lowest BCUT2D eigenvalue weighted by molar-refractivity contribution is -0.268. The van der Waals surface area contributed by atoms with Crippen LogP contribution in [0.2, 0.25) is 0 Å². The van der Waals surface area contributed by atoms with Crippen LogP contribution >= 0.6 is 0 Å². The first kappa shape index (κ1) is 12.4. The van der Waals surface area contributed by atoms with E-state index in [0.29, 0.717) is 19.3 Å². The van der Waals surface area contributed by atoms with Crippen LogP contribution in [0.15, 0.2) is 30.3 Å². The van der Waals surface area contributed by atoms with Gasteiger partial charge in [-0.1, -0.05) is 30.3 Å². The van der Waals surface area contributed by atoms with Crippen LogP contribution in [0.1, 0.15) is 19.3 Å². The van der Waals surface area contributed by atoms with Gasteiger partial charge < -0.3 is 14.7 Å². The Hall–Kier alpha value is -1.64. The maximum atomic E-state index is 10.3. The number of benzene rings is 1. The van der Waals surface area contributed by atoms with Gasteiger partial charge in [-0.05, 0) is 6.42 Å². The summed E-state index contributed by atoms with van der Waals surface area (Å²) < 4.78 is 0. The molecule has 0 aliphatic rings. The summed E-state index contributed by atoms with van der Waals surface area (Å²) in [6.45, 7) is 0. The topological polar surface area (TPSA) is 57.2 Å². The summed E-state index contributed by atoms with van der Waals surface area (Å²) in [5.41, 5.74) is 0. The molecule has 3 heteroatoms. The molecule has 0 fully saturated rings. The highest BCUT2D eigenvalue weighted by Crippen LogP contribution is 1.98. The molecule has 0 heterocycles. The quantitative estimate of drug-likeness (QED) is 0.535. The third-order valence-electron chi connectivity index (χ3n) is 1.39. The second kappa shape index (κ2) is 9.45. The fourth-order valence-corrected chi connectivity index (χ4v) is 0.705. The van der Waals surface area contributed by atoms with Gasteiger partial charge in [-0.2, -0.15) is 0 Å². The van der Waals surface area contributed by atoms with Crippen LogP contribution in [-0.2, 0) is 9.59 Å². The Morgan fingerprint density at radius 1 is 1.00 bits per heavy atom. The second-order valence-electron chi connectivity index (χ2n) is 2.58. The van der Waals surface area contributed by atoms with Gasteiger partial charge in [0.1, 0.15) is 12.6 Å². The van der Waals surface area contributed by atoms with E-state index in [1.54, 1.807) is 12.1 Å². The van der Waals surface area contributed by atoms with Crippen molar-refractivity contribution in [3.8, 4) is 5.75 Å². The van der Waals surface area contributed by atoms with Gasteiger partial charge in [-0.15, -0.1) is 5.75 Å². The Bertz CT molecular complexity index is 236. The van der Waals surface area contributed by atoms with Gasteiger partial charge >= 0.3 is 0 Å². The first-order chi connectivity index (χ1) is 6.81. The number of aldehydes is 2. The molecular weight excluding hydrogens is 180 g/mol. The Balaban J connectivity index is 0.000000241. The van der Waals surface area contributed by atoms with E-state index in [1.807, 2.05) is 6.07 Å². The lowest BCUT2D eigenvalue weighted by atomic mass is 10.3. The second-order valence-corrected chi connectivity index (χ2v) is 2.58. The molecular formula is C11H13O3-. The van der Waals surface area contributed by atoms with Crippen molar-refractivity contribution in [2.24, 2.45) is 0 Å². The molecule has 0 saturated carbocycles. The SMILES string of the molecule is O=CCCCC=O.[O-]c1ccccc1. The van der Waals surface area contributed by atoms with Crippen molar-refractivity contribution in [1.82, 2.24) is 0 Å². The van der Waals surface area contributed by atoms with E-state index in [-0.39, 0.29) is 5.75 Å². The standard InChI is InChI=1S/C6H6O.C5H8O2/c7-6-4-2-1-3-5-6;6-4-2-1-3-5-7/h1-5,7H;4-5H,1-3H2/p-1. The summed E-state index contributed by atoms with van der Waals surface area (Å²) >= 11 is 0. The molecule has 1 rings (SSSR count). The molecule has 14 heavy (non-hydrogen) atoms. The van der Waals surface area contributed by atoms with Crippen LogP contribution in [0.4, 0.5) is 0 Å². The average Bonchev–Trinajstić information content (AvgIpc) is 2.21. The number of para-hydroxylation sites is 1. The number of unbranched alkanes of at least 4 members (excludes halogenated alkanes) is 2. The summed E-state index contributed by atoms with van der Waals surface area (Å²) in [5.74, 6) is 0.0718. The largest absolute Gasteiger partial charge is 0.872 e. The van der Waals surface area contributed by atoms with Crippen LogP contribution in [0.3, 0.4) is 0 Å². The van der Waals surface area contributed by atoms with Crippen LogP contribution in [0.25, 0.3) is 0 Å². The maximum absolute atomic E-state index is 10.3. The van der Waals surface area contributed by atoms with E-state index in [1.165, 1.54) is 12.1 Å². The first-order valence-electron chi connectivity index (χ1n) is 4.40. The van der Waals surface area contributed by atoms with Gasteiger partial charge in [-0.3, -0.25) is 0 Å². The van der Waals surface area contributed by atoms with Crippen molar-refractivity contribution in [3.05, 3.63) is 30.3 Å². The van der Waals surface area contributed by atoms with E-state index in [2.05, 4.69) is 0 Å². The molecule has 0 atom stereocenters. The molecule has 0 N–H and O–H groups in total. The Morgan fingerprint density at radius 2 is 1.50 bits per heavy atom. The van der Waals surface area contributed by atoms with Crippen LogP contribution in [-0.4, -0.2) is 12.6 Å². The minimum absolute atomic E-state index is 0.0718. The molecule has 0 aliphatic carbocycles. The van der Waals surface area contributed by atoms with Crippen molar-refractivity contribution < 1.29 is 14.7 Å². The Kier molecular flexibility index (Phi) is 8.34. The fraction of sp³-hybridized carbons (Fsp3) is 0.273. The Morgan fingerprint density at radius 3 is 1.79 bits per heavy atom. The lowest BCUT2D eigenvalue weighted by Gasteiger charge is -1.98. The van der Waals surface area contributed by atoms with Gasteiger partial charge in [0.2, 0.25) is 0 Å². The van der Waals surface area contributed by atoms with Crippen molar-refractivity contribution in [1.29, 1.82) is 0 Å². The Labute approximate surface area is 83.4 Å². The van der Waals surface area contributed by atoms with Crippen LogP contribution < -0.4 is 5.11 Å². The fourth-order valence-electron chi connectivity index (χ4n) is 0.705. The molecule has 0 aromatic heterocycles. The monoisotopic (exact) mass is 193 g/mol. The minimum atomic E-state index is 0.0718. The number of rotatable bonds is 4. The van der Waals surface area contributed by atoms with E-state index >= 15 is 0 Å². The molecule has 3 nitrogen and oxygen atoms in total. The molecule has 0 bridgehead atoms. The molecule has 76 valence electrons. The summed E-state index contributed by atoms with van der Waals surface area (Å²) in [4.78, 5) is 19.1. The number of hydrogen-bond donors (Lipinski definition) is 0. The van der Waals surface area contributed by atoms with E-state index in [9.17, 15) is 14.7 Å². The van der Waals surface area contributed by atoms with Crippen LogP contribution in [0.5, 0.6) is 5.75 Å². The molecule has 0 aliphatic heterocycles. The van der Waals surface area contributed by atoms with E-state index in [0.717, 1.165) is 12.6 Å². The molecule has 0 spiro atoms. The highest BCUT2D eigenvalue weighted by molar-refractivity contribution is 5.52. The minimum Gasteiger partial charge on any atom is -0.872 e. The summed E-state index contributed by atoms with van der Waals surface area (Å²) in [5, 5.41) is 10.3. The predicted octanol–water partition coefficient (Wildman–Crippen LogP) is 1.31. The third-order valence-corrected chi connectivity index (χ3v) is 1.39. The summed E-state index contributed by atoms with van der Waals surface area (Å²) in [6, 6.07) is 8.33. The zero-order chi connectivity index (χ0) is 10.6. The van der Waals surface area contributed by atoms with Crippen molar-refractivity contribution >= 4 is 12.6 Å². The lowest BCUT2D eigenvalue weighted by Crippen LogP contribution is -1.85. The van der Waals surface area contributed by atoms with Crippen molar-refractivity contribution in [3.63, 3.8) is 0 Å². The van der Waals surface area contributed by atoms with E-state index in [4.69, 9.17) is 0 Å². The highest BCUT2D eigenvalue weighted by Gasteiger charge is 1.80. The van der Waals surface area contributed by atoms with Gasteiger partial charge in [0, 0.05) is 12.8 Å². The molecule has 0 radical (unpaired) electrons. The van der Waals surface area contributed by atoms with Crippen molar-refractivity contribution in [2.45, 2.75) is 19.3 Å². The number of carbonyl (C=O) groups excluding carboxylic acids is 2. The number of carbonyl (C=O) groups is 2. The van der Waals surface area contributed by atoms with Crippen molar-refractivity contribution in [2.75, 3.05) is 0 Å². The van der Waals surface area contributed by atoms with Gasteiger partial charge in [-0.25, -0.2) is 0 Å². The molecule has 1 aromatic carbocycles. The molecule has 0 unspecified atom stereocenters.